The molecule has 7 heteroatoms. The van der Waals surface area contributed by atoms with Crippen molar-refractivity contribution in [1.29, 1.82) is 0 Å². The largest absolute Gasteiger partial charge is 0.487 e. The predicted molar refractivity (Wildman–Crippen MR) is 84.5 cm³/mol. The van der Waals surface area contributed by atoms with Gasteiger partial charge < -0.3 is 10.5 Å². The summed E-state index contributed by atoms with van der Waals surface area (Å²) in [4.78, 5) is 10.5. The van der Waals surface area contributed by atoms with Gasteiger partial charge >= 0.3 is 0 Å². The number of rotatable bonds is 5. The molecule has 0 aliphatic heterocycles. The van der Waals surface area contributed by atoms with Gasteiger partial charge in [0.1, 0.15) is 12.4 Å². The van der Waals surface area contributed by atoms with Crippen LogP contribution in [-0.4, -0.2) is 4.92 Å². The molecule has 0 radical (unpaired) electrons. The molecule has 0 atom stereocenters. The molecule has 0 aliphatic carbocycles. The van der Waals surface area contributed by atoms with Crippen LogP contribution in [0.15, 0.2) is 40.9 Å². The minimum atomic E-state index is -0.457. The van der Waals surface area contributed by atoms with Crippen molar-refractivity contribution in [3.05, 3.63) is 67.1 Å². The van der Waals surface area contributed by atoms with E-state index in [2.05, 4.69) is 15.9 Å². The smallest absolute Gasteiger partial charge is 0.276 e. The van der Waals surface area contributed by atoms with Crippen LogP contribution in [0.1, 0.15) is 11.1 Å². The molecule has 2 N–H and O–H groups in total. The monoisotopic (exact) mass is 370 g/mol. The predicted octanol–water partition coefficient (Wildman–Crippen LogP) is 4.05. The second-order valence-corrected chi connectivity index (χ2v) is 5.58. The minimum absolute atomic E-state index is 0.0194. The molecule has 2 rings (SSSR count). The Morgan fingerprint density at radius 1 is 1.29 bits per heavy atom. The fourth-order valence-electron chi connectivity index (χ4n) is 1.79. The van der Waals surface area contributed by atoms with Gasteiger partial charge in [0, 0.05) is 17.6 Å². The van der Waals surface area contributed by atoms with Gasteiger partial charge in [-0.2, -0.15) is 0 Å². The van der Waals surface area contributed by atoms with Crippen molar-refractivity contribution in [2.75, 3.05) is 0 Å². The first-order valence-corrected chi connectivity index (χ1v) is 7.22. The molecule has 0 unspecified atom stereocenters. The van der Waals surface area contributed by atoms with E-state index in [1.54, 1.807) is 6.07 Å². The van der Waals surface area contributed by atoms with Crippen LogP contribution in [-0.2, 0) is 13.2 Å². The normalized spacial score (nSPS) is 10.4. The summed E-state index contributed by atoms with van der Waals surface area (Å²) in [6.07, 6.45) is 0. The summed E-state index contributed by atoms with van der Waals surface area (Å²) in [6, 6.07) is 9.83. The van der Waals surface area contributed by atoms with Crippen LogP contribution in [0, 0.1) is 10.1 Å². The van der Waals surface area contributed by atoms with Crippen LogP contribution in [0.3, 0.4) is 0 Å². The molecule has 110 valence electrons. The minimum Gasteiger partial charge on any atom is -0.487 e. The number of hydrogen-bond acceptors (Lipinski definition) is 4. The Labute approximate surface area is 134 Å². The Hall–Kier alpha value is -1.63. The Bertz CT molecular complexity index is 679. The topological polar surface area (TPSA) is 78.4 Å². The summed E-state index contributed by atoms with van der Waals surface area (Å²) >= 11 is 9.26. The zero-order chi connectivity index (χ0) is 15.4. The zero-order valence-corrected chi connectivity index (χ0v) is 13.2. The van der Waals surface area contributed by atoms with Crippen LogP contribution in [0.25, 0.3) is 0 Å². The van der Waals surface area contributed by atoms with Crippen molar-refractivity contribution >= 4 is 33.2 Å². The van der Waals surface area contributed by atoms with E-state index in [0.29, 0.717) is 22.9 Å². The average Bonchev–Trinajstić information content (AvgIpc) is 2.45. The third-order valence-corrected chi connectivity index (χ3v) is 3.71. The molecule has 2 aromatic carbocycles. The van der Waals surface area contributed by atoms with E-state index in [9.17, 15) is 10.1 Å². The fraction of sp³-hybridized carbons (Fsp3) is 0.143. The Kier molecular flexibility index (Phi) is 5.17. The van der Waals surface area contributed by atoms with Gasteiger partial charge in [-0.05, 0) is 45.8 Å². The van der Waals surface area contributed by atoms with Gasteiger partial charge in [0.15, 0.2) is 0 Å². The molecule has 0 spiro atoms. The molecule has 0 saturated heterocycles. The summed E-state index contributed by atoms with van der Waals surface area (Å²) in [7, 11) is 0. The van der Waals surface area contributed by atoms with Crippen molar-refractivity contribution in [2.45, 2.75) is 13.2 Å². The van der Waals surface area contributed by atoms with Gasteiger partial charge in [-0.25, -0.2) is 0 Å². The second-order valence-electron chi connectivity index (χ2n) is 4.29. The molecule has 21 heavy (non-hydrogen) atoms. The third kappa shape index (κ3) is 3.93. The first-order valence-electron chi connectivity index (χ1n) is 6.05. The lowest BCUT2D eigenvalue weighted by Gasteiger charge is -2.10. The van der Waals surface area contributed by atoms with E-state index in [4.69, 9.17) is 22.1 Å². The number of nitrogens with two attached hydrogens (primary N) is 1. The molecule has 2 aromatic rings. The fourth-order valence-corrected chi connectivity index (χ4v) is 2.53. The molecule has 0 amide bonds. The zero-order valence-electron chi connectivity index (χ0n) is 10.9. The van der Waals surface area contributed by atoms with Crippen molar-refractivity contribution < 1.29 is 9.66 Å². The molecular formula is C14H12BrClN2O3. The van der Waals surface area contributed by atoms with Crippen molar-refractivity contribution in [3.63, 3.8) is 0 Å². The van der Waals surface area contributed by atoms with Gasteiger partial charge in [0.05, 0.1) is 15.0 Å². The van der Waals surface area contributed by atoms with E-state index in [-0.39, 0.29) is 12.3 Å². The van der Waals surface area contributed by atoms with Crippen LogP contribution in [0.2, 0.25) is 5.02 Å². The SMILES string of the molecule is NCc1ccc(OCc2cc(Cl)ccc2[N+](=O)[O-])c(Br)c1. The van der Waals surface area contributed by atoms with Gasteiger partial charge in [-0.15, -0.1) is 0 Å². The first kappa shape index (κ1) is 15.8. The Morgan fingerprint density at radius 3 is 2.67 bits per heavy atom. The van der Waals surface area contributed by atoms with Crippen LogP contribution in [0.5, 0.6) is 5.75 Å². The number of nitro groups is 1. The second kappa shape index (κ2) is 6.89. The highest BCUT2D eigenvalue weighted by Gasteiger charge is 2.15. The van der Waals surface area contributed by atoms with Crippen molar-refractivity contribution in [1.82, 2.24) is 0 Å². The van der Waals surface area contributed by atoms with Crippen LogP contribution < -0.4 is 10.5 Å². The van der Waals surface area contributed by atoms with Crippen molar-refractivity contribution in [3.8, 4) is 5.75 Å². The molecule has 0 heterocycles. The van der Waals surface area contributed by atoms with E-state index >= 15 is 0 Å². The number of hydrogen-bond donors (Lipinski definition) is 1. The summed E-state index contributed by atoms with van der Waals surface area (Å²) in [5, 5.41) is 11.4. The molecule has 5 nitrogen and oxygen atoms in total. The number of nitro benzene ring substituents is 1. The lowest BCUT2D eigenvalue weighted by molar-refractivity contribution is -0.385. The average molecular weight is 372 g/mol. The molecule has 0 aliphatic rings. The first-order chi connectivity index (χ1) is 10.0. The molecule has 0 bridgehead atoms. The van der Waals surface area contributed by atoms with E-state index in [0.717, 1.165) is 10.0 Å². The number of benzene rings is 2. The quantitative estimate of drug-likeness (QED) is 0.635. The van der Waals surface area contributed by atoms with E-state index in [1.807, 2.05) is 12.1 Å². The van der Waals surface area contributed by atoms with E-state index in [1.165, 1.54) is 18.2 Å². The summed E-state index contributed by atoms with van der Waals surface area (Å²) in [6.45, 7) is 0.482. The van der Waals surface area contributed by atoms with Crippen LogP contribution >= 0.6 is 27.5 Å². The Morgan fingerprint density at radius 2 is 2.05 bits per heavy atom. The van der Waals surface area contributed by atoms with Gasteiger partial charge in [0.25, 0.3) is 5.69 Å². The highest BCUT2D eigenvalue weighted by Crippen LogP contribution is 2.29. The van der Waals surface area contributed by atoms with E-state index < -0.39 is 4.92 Å². The van der Waals surface area contributed by atoms with Gasteiger partial charge in [-0.3, -0.25) is 10.1 Å². The summed E-state index contributed by atoms with van der Waals surface area (Å²) in [5.41, 5.74) is 6.91. The lowest BCUT2D eigenvalue weighted by Crippen LogP contribution is -2.02. The highest BCUT2D eigenvalue weighted by molar-refractivity contribution is 9.10. The Balaban J connectivity index is 2.20. The number of ether oxygens (including phenoxy) is 1. The molecular weight excluding hydrogens is 360 g/mol. The maximum absolute atomic E-state index is 11.0. The summed E-state index contributed by atoms with van der Waals surface area (Å²) in [5.74, 6) is 0.585. The van der Waals surface area contributed by atoms with Gasteiger partial charge in [-0.1, -0.05) is 17.7 Å². The maximum atomic E-state index is 11.0. The molecule has 0 fully saturated rings. The molecule has 0 saturated carbocycles. The molecule has 0 aromatic heterocycles. The lowest BCUT2D eigenvalue weighted by atomic mass is 10.2. The van der Waals surface area contributed by atoms with Crippen molar-refractivity contribution in [2.24, 2.45) is 5.73 Å². The number of nitrogens with zero attached hydrogens (tertiary/aromatic N) is 1. The van der Waals surface area contributed by atoms with Gasteiger partial charge in [0.2, 0.25) is 0 Å². The summed E-state index contributed by atoms with van der Waals surface area (Å²) < 4.78 is 6.36. The standard InChI is InChI=1S/C14H12BrClN2O3/c15-12-5-9(7-17)1-4-14(12)21-8-10-6-11(16)2-3-13(10)18(19)20/h1-6H,7-8,17H2. The highest BCUT2D eigenvalue weighted by atomic mass is 79.9. The van der Waals surface area contributed by atoms with Crippen LogP contribution in [0.4, 0.5) is 5.69 Å². The third-order valence-electron chi connectivity index (χ3n) is 2.85. The maximum Gasteiger partial charge on any atom is 0.276 e. The number of halogens is 2.